The van der Waals surface area contributed by atoms with Crippen LogP contribution in [-0.2, 0) is 10.2 Å². The smallest absolute Gasteiger partial charge is 0.317 e. The van der Waals surface area contributed by atoms with Crippen LogP contribution in [0.5, 0.6) is 5.75 Å². The molecule has 0 saturated heterocycles. The van der Waals surface area contributed by atoms with Gasteiger partial charge in [-0.25, -0.2) is 0 Å². The Kier molecular flexibility index (Phi) is 4.95. The zero-order valence-corrected chi connectivity index (χ0v) is 12.3. The van der Waals surface area contributed by atoms with Crippen LogP contribution in [0, 0.1) is 13.8 Å². The number of hydrogen-bond acceptors (Lipinski definition) is 3. The van der Waals surface area contributed by atoms with Gasteiger partial charge in [-0.05, 0) is 36.6 Å². The van der Waals surface area contributed by atoms with Gasteiger partial charge in [0.25, 0.3) is 0 Å². The molecule has 0 saturated carbocycles. The second-order valence-corrected chi connectivity index (χ2v) is 5.52. The van der Waals surface area contributed by atoms with E-state index in [1.165, 1.54) is 5.56 Å². The molecule has 0 aliphatic heterocycles. The lowest BCUT2D eigenvalue weighted by Crippen LogP contribution is -2.36. The number of carboxylic acids is 1. The lowest BCUT2D eigenvalue weighted by atomic mass is 9.81. The van der Waals surface area contributed by atoms with Gasteiger partial charge in [-0.3, -0.25) is 4.79 Å². The number of methoxy groups -OCH3 is 1. The molecule has 4 nitrogen and oxygen atoms in total. The molecule has 0 spiro atoms. The van der Waals surface area contributed by atoms with Gasteiger partial charge in [0.15, 0.2) is 0 Å². The molecule has 0 unspecified atom stereocenters. The number of nitrogens with one attached hydrogen (secondary N) is 1. The van der Waals surface area contributed by atoms with Crippen LogP contribution < -0.4 is 10.1 Å². The monoisotopic (exact) mass is 265 g/mol. The van der Waals surface area contributed by atoms with Gasteiger partial charge in [-0.15, -0.1) is 0 Å². The normalized spacial score (nSPS) is 11.4. The minimum Gasteiger partial charge on any atom is -0.496 e. The highest BCUT2D eigenvalue weighted by Gasteiger charge is 2.23. The molecule has 0 fully saturated rings. The summed E-state index contributed by atoms with van der Waals surface area (Å²) in [6.45, 7) is 8.88. The zero-order chi connectivity index (χ0) is 14.6. The Morgan fingerprint density at radius 1 is 1.32 bits per heavy atom. The van der Waals surface area contributed by atoms with E-state index in [9.17, 15) is 4.79 Å². The van der Waals surface area contributed by atoms with Gasteiger partial charge in [-0.1, -0.05) is 19.9 Å². The highest BCUT2D eigenvalue weighted by Crippen LogP contribution is 2.31. The summed E-state index contributed by atoms with van der Waals surface area (Å²) in [7, 11) is 1.67. The Morgan fingerprint density at radius 2 is 1.95 bits per heavy atom. The number of benzene rings is 1. The maximum Gasteiger partial charge on any atom is 0.317 e. The van der Waals surface area contributed by atoms with Crippen LogP contribution in [-0.4, -0.2) is 31.3 Å². The van der Waals surface area contributed by atoms with E-state index < -0.39 is 5.97 Å². The van der Waals surface area contributed by atoms with E-state index in [-0.39, 0.29) is 12.0 Å². The molecule has 4 heteroatoms. The van der Waals surface area contributed by atoms with Crippen molar-refractivity contribution in [2.75, 3.05) is 20.2 Å². The molecule has 1 aromatic rings. The van der Waals surface area contributed by atoms with Crippen LogP contribution in [0.15, 0.2) is 12.1 Å². The summed E-state index contributed by atoms with van der Waals surface area (Å²) in [5.41, 5.74) is 3.33. The largest absolute Gasteiger partial charge is 0.496 e. The first-order valence-corrected chi connectivity index (χ1v) is 6.36. The Hall–Kier alpha value is -1.55. The summed E-state index contributed by atoms with van der Waals surface area (Å²) in [4.78, 5) is 10.5. The Labute approximate surface area is 114 Å². The fourth-order valence-corrected chi connectivity index (χ4v) is 2.32. The molecular weight excluding hydrogens is 242 g/mol. The molecule has 106 valence electrons. The van der Waals surface area contributed by atoms with E-state index in [1.54, 1.807) is 7.11 Å². The molecular formula is C15H23NO3. The SMILES string of the molecule is COc1cc(C)c(C(C)(C)CNCC(=O)O)cc1C. The van der Waals surface area contributed by atoms with E-state index in [2.05, 4.69) is 32.2 Å². The average Bonchev–Trinajstić information content (AvgIpc) is 2.30. The maximum absolute atomic E-state index is 10.5. The second kappa shape index (κ2) is 6.06. The summed E-state index contributed by atoms with van der Waals surface area (Å²) < 4.78 is 5.31. The molecule has 19 heavy (non-hydrogen) atoms. The zero-order valence-electron chi connectivity index (χ0n) is 12.3. The van der Waals surface area contributed by atoms with Crippen LogP contribution in [0.1, 0.15) is 30.5 Å². The molecule has 0 bridgehead atoms. The number of ether oxygens (including phenoxy) is 1. The van der Waals surface area contributed by atoms with Gasteiger partial charge >= 0.3 is 5.97 Å². The van der Waals surface area contributed by atoms with Crippen molar-refractivity contribution in [1.82, 2.24) is 5.32 Å². The van der Waals surface area contributed by atoms with Crippen LogP contribution in [0.2, 0.25) is 0 Å². The van der Waals surface area contributed by atoms with E-state index in [1.807, 2.05) is 13.0 Å². The van der Waals surface area contributed by atoms with Crippen molar-refractivity contribution in [2.24, 2.45) is 0 Å². The van der Waals surface area contributed by atoms with E-state index in [0.29, 0.717) is 6.54 Å². The fraction of sp³-hybridized carbons (Fsp3) is 0.533. The lowest BCUT2D eigenvalue weighted by molar-refractivity contribution is -0.136. The number of aliphatic carboxylic acids is 1. The summed E-state index contributed by atoms with van der Waals surface area (Å²) in [6, 6.07) is 4.15. The molecule has 0 atom stereocenters. The Morgan fingerprint density at radius 3 is 2.47 bits per heavy atom. The first-order chi connectivity index (χ1) is 8.77. The van der Waals surface area contributed by atoms with Crippen molar-refractivity contribution >= 4 is 5.97 Å². The predicted octanol–water partition coefficient (Wildman–Crippen LogP) is 2.26. The number of aryl methyl sites for hydroxylation is 2. The van der Waals surface area contributed by atoms with Crippen molar-refractivity contribution in [1.29, 1.82) is 0 Å². The molecule has 0 aliphatic rings. The summed E-state index contributed by atoms with van der Waals surface area (Å²) in [5.74, 6) is 0.0500. The minimum absolute atomic E-state index is 0.0163. The molecule has 2 N–H and O–H groups in total. The molecule has 0 aliphatic carbocycles. The maximum atomic E-state index is 10.5. The van der Waals surface area contributed by atoms with Crippen LogP contribution in [0.25, 0.3) is 0 Å². The molecule has 0 aromatic heterocycles. The summed E-state index contributed by atoms with van der Waals surface area (Å²) in [5, 5.41) is 11.6. The molecule has 0 heterocycles. The van der Waals surface area contributed by atoms with E-state index in [0.717, 1.165) is 16.9 Å². The van der Waals surface area contributed by atoms with Gasteiger partial charge in [-0.2, -0.15) is 0 Å². The van der Waals surface area contributed by atoms with Crippen molar-refractivity contribution < 1.29 is 14.6 Å². The number of hydrogen-bond donors (Lipinski definition) is 2. The average molecular weight is 265 g/mol. The molecule has 1 rings (SSSR count). The standard InChI is InChI=1S/C15H23NO3/c1-10-7-13(19-5)11(2)6-12(10)15(3,4)9-16-8-14(17)18/h6-7,16H,8-9H2,1-5H3,(H,17,18). The van der Waals surface area contributed by atoms with E-state index >= 15 is 0 Å². The molecule has 0 amide bonds. The topological polar surface area (TPSA) is 58.6 Å². The Bertz CT molecular complexity index is 467. The quantitative estimate of drug-likeness (QED) is 0.828. The predicted molar refractivity (Wildman–Crippen MR) is 76.0 cm³/mol. The highest BCUT2D eigenvalue weighted by molar-refractivity contribution is 5.69. The van der Waals surface area contributed by atoms with Crippen molar-refractivity contribution in [2.45, 2.75) is 33.1 Å². The second-order valence-electron chi connectivity index (χ2n) is 5.52. The third-order valence-corrected chi connectivity index (χ3v) is 3.31. The lowest BCUT2D eigenvalue weighted by Gasteiger charge is -2.28. The Balaban J connectivity index is 2.94. The summed E-state index contributed by atoms with van der Waals surface area (Å²) >= 11 is 0. The van der Waals surface area contributed by atoms with Gasteiger partial charge in [0.2, 0.25) is 0 Å². The first kappa shape index (κ1) is 15.5. The number of carbonyl (C=O) groups is 1. The number of rotatable bonds is 6. The van der Waals surface area contributed by atoms with Gasteiger partial charge in [0, 0.05) is 12.0 Å². The third kappa shape index (κ3) is 3.96. The van der Waals surface area contributed by atoms with Crippen LogP contribution in [0.4, 0.5) is 0 Å². The van der Waals surface area contributed by atoms with Crippen molar-refractivity contribution in [3.05, 3.63) is 28.8 Å². The minimum atomic E-state index is -0.835. The van der Waals surface area contributed by atoms with Gasteiger partial charge in [0.05, 0.1) is 13.7 Å². The van der Waals surface area contributed by atoms with Gasteiger partial charge < -0.3 is 15.2 Å². The van der Waals surface area contributed by atoms with Crippen LogP contribution >= 0.6 is 0 Å². The van der Waals surface area contributed by atoms with Crippen molar-refractivity contribution in [3.63, 3.8) is 0 Å². The van der Waals surface area contributed by atoms with Crippen LogP contribution in [0.3, 0.4) is 0 Å². The third-order valence-electron chi connectivity index (χ3n) is 3.31. The fourth-order valence-electron chi connectivity index (χ4n) is 2.32. The summed E-state index contributed by atoms with van der Waals surface area (Å²) in [6.07, 6.45) is 0. The highest BCUT2D eigenvalue weighted by atomic mass is 16.5. The first-order valence-electron chi connectivity index (χ1n) is 6.36. The number of carboxylic acid groups (broad SMARTS) is 1. The van der Waals surface area contributed by atoms with Crippen molar-refractivity contribution in [3.8, 4) is 5.75 Å². The van der Waals surface area contributed by atoms with Gasteiger partial charge in [0.1, 0.15) is 5.75 Å². The molecule has 1 aromatic carbocycles. The molecule has 0 radical (unpaired) electrons. The van der Waals surface area contributed by atoms with E-state index in [4.69, 9.17) is 9.84 Å².